The number of hydrogen-bond donors (Lipinski definition) is 1. The van der Waals surface area contributed by atoms with Crippen LogP contribution in [0.25, 0.3) is 0 Å². The molecule has 0 aromatic heterocycles. The van der Waals surface area contributed by atoms with Gasteiger partial charge in [0, 0.05) is 11.5 Å². The van der Waals surface area contributed by atoms with Crippen LogP contribution in [0.1, 0.15) is 6.92 Å². The molecule has 1 aromatic rings. The summed E-state index contributed by atoms with van der Waals surface area (Å²) in [6, 6.07) is 5.90. The molecule has 0 saturated carbocycles. The summed E-state index contributed by atoms with van der Waals surface area (Å²) in [6.07, 6.45) is 0. The van der Waals surface area contributed by atoms with Crippen LogP contribution in [0.2, 0.25) is 0 Å². The summed E-state index contributed by atoms with van der Waals surface area (Å²) < 4.78 is 48.0. The lowest BCUT2D eigenvalue weighted by atomic mass is 10.4. The van der Waals surface area contributed by atoms with Crippen molar-refractivity contribution < 1.29 is 16.8 Å². The molecule has 0 spiro atoms. The van der Waals surface area contributed by atoms with Crippen molar-refractivity contribution >= 4 is 36.0 Å². The predicted octanol–water partition coefficient (Wildman–Crippen LogP) is 0.924. The molecule has 0 aliphatic rings. The van der Waals surface area contributed by atoms with Gasteiger partial charge in [-0.15, -0.1) is 9.25 Å². The van der Waals surface area contributed by atoms with Gasteiger partial charge in [0.1, 0.15) is 0 Å². The maximum absolute atomic E-state index is 12.0. The Hall–Kier alpha value is -0.480. The first-order chi connectivity index (χ1) is 8.19. The van der Waals surface area contributed by atoms with E-state index in [1.165, 1.54) is 19.1 Å². The van der Waals surface area contributed by atoms with Gasteiger partial charge in [-0.05, 0) is 31.2 Å². The van der Waals surface area contributed by atoms with E-state index in [-0.39, 0.29) is 10.6 Å². The summed E-state index contributed by atoms with van der Waals surface area (Å²) in [7, 11) is -6.36. The van der Waals surface area contributed by atoms with E-state index in [9.17, 15) is 16.8 Å². The van der Waals surface area contributed by atoms with E-state index in [1.54, 1.807) is 12.1 Å². The summed E-state index contributed by atoms with van der Waals surface area (Å²) in [5.74, 6) is -0.201. The highest BCUT2D eigenvalue weighted by molar-refractivity contribution is 9.10. The third kappa shape index (κ3) is 3.75. The van der Waals surface area contributed by atoms with Crippen molar-refractivity contribution in [3.63, 3.8) is 0 Å². The normalized spacial score (nSPS) is 12.9. The fraction of sp³-hybridized carbons (Fsp3) is 0.333. The van der Waals surface area contributed by atoms with E-state index in [0.29, 0.717) is 4.41 Å². The first-order valence-corrected chi connectivity index (χ1v) is 8.82. The lowest BCUT2D eigenvalue weighted by molar-refractivity contribution is 0.432. The minimum absolute atomic E-state index is 0.00648. The molecular formula is C9H13BrN2O4S2. The van der Waals surface area contributed by atoms with Crippen LogP contribution in [-0.4, -0.2) is 34.1 Å². The van der Waals surface area contributed by atoms with Gasteiger partial charge in [-0.2, -0.15) is 0 Å². The Morgan fingerprint density at radius 2 is 1.67 bits per heavy atom. The molecule has 0 radical (unpaired) electrons. The molecule has 1 N–H and O–H groups in total. The van der Waals surface area contributed by atoms with Crippen molar-refractivity contribution in [3.8, 4) is 0 Å². The second-order valence-electron chi connectivity index (χ2n) is 3.42. The topological polar surface area (TPSA) is 83.6 Å². The Morgan fingerprint density at radius 3 is 2.11 bits per heavy atom. The number of benzene rings is 1. The third-order valence-electron chi connectivity index (χ3n) is 2.12. The fourth-order valence-corrected chi connectivity index (χ4v) is 3.39. The van der Waals surface area contributed by atoms with Gasteiger partial charge in [-0.25, -0.2) is 16.8 Å². The monoisotopic (exact) mass is 356 g/mol. The van der Waals surface area contributed by atoms with Crippen LogP contribution in [0.5, 0.6) is 0 Å². The van der Waals surface area contributed by atoms with E-state index in [1.807, 2.05) is 4.83 Å². The number of hydrazine groups is 1. The van der Waals surface area contributed by atoms with E-state index in [0.717, 1.165) is 11.5 Å². The molecule has 0 atom stereocenters. The van der Waals surface area contributed by atoms with Crippen LogP contribution in [0.3, 0.4) is 0 Å². The third-order valence-corrected chi connectivity index (χ3v) is 5.76. The van der Waals surface area contributed by atoms with Crippen LogP contribution in [-0.2, 0) is 20.0 Å². The Labute approximate surface area is 115 Å². The molecule has 0 aliphatic carbocycles. The molecule has 1 rings (SSSR count). The number of nitrogens with zero attached hydrogens (tertiary/aromatic N) is 1. The molecule has 6 nitrogen and oxygen atoms in total. The van der Waals surface area contributed by atoms with Gasteiger partial charge < -0.3 is 0 Å². The molecule has 18 heavy (non-hydrogen) atoms. The molecule has 0 bridgehead atoms. The van der Waals surface area contributed by atoms with Crippen molar-refractivity contribution in [2.75, 3.05) is 12.8 Å². The highest BCUT2D eigenvalue weighted by atomic mass is 79.9. The lowest BCUT2D eigenvalue weighted by Gasteiger charge is -2.17. The largest absolute Gasteiger partial charge is 0.256 e. The molecule has 9 heteroatoms. The molecule has 0 amide bonds. The van der Waals surface area contributed by atoms with Crippen molar-refractivity contribution in [2.24, 2.45) is 0 Å². The molecule has 0 aliphatic heterocycles. The molecule has 0 fully saturated rings. The van der Waals surface area contributed by atoms with Crippen LogP contribution < -0.4 is 4.83 Å². The molecule has 1 aromatic carbocycles. The van der Waals surface area contributed by atoms with Crippen LogP contribution in [0, 0.1) is 0 Å². The lowest BCUT2D eigenvalue weighted by Crippen LogP contribution is -2.43. The van der Waals surface area contributed by atoms with Crippen LogP contribution >= 0.6 is 15.9 Å². The zero-order valence-corrected chi connectivity index (χ0v) is 13.0. The van der Waals surface area contributed by atoms with Crippen LogP contribution in [0.15, 0.2) is 33.6 Å². The number of rotatable bonds is 5. The van der Waals surface area contributed by atoms with Gasteiger partial charge in [-0.1, -0.05) is 15.9 Å². The Morgan fingerprint density at radius 1 is 1.17 bits per heavy atom. The minimum atomic E-state index is -3.88. The van der Waals surface area contributed by atoms with Crippen LogP contribution in [0.4, 0.5) is 0 Å². The fourth-order valence-electron chi connectivity index (χ4n) is 1.07. The van der Waals surface area contributed by atoms with Gasteiger partial charge in [0.05, 0.1) is 10.6 Å². The molecule has 0 unspecified atom stereocenters. The highest BCUT2D eigenvalue weighted by Gasteiger charge is 2.24. The zero-order valence-electron chi connectivity index (χ0n) is 9.79. The standard InChI is InChI=1S/C9H13BrN2O4S2/c1-3-17(13,14)11-12(2)18(15,16)9-6-4-8(10)5-7-9/h4-7,11H,3H2,1-2H3. The maximum atomic E-state index is 12.0. The molecule has 0 saturated heterocycles. The summed E-state index contributed by atoms with van der Waals surface area (Å²) in [5.41, 5.74) is 0. The number of nitrogens with one attached hydrogen (secondary N) is 1. The Kier molecular flexibility index (Phi) is 4.90. The van der Waals surface area contributed by atoms with Gasteiger partial charge >= 0.3 is 0 Å². The summed E-state index contributed by atoms with van der Waals surface area (Å²) in [5, 5.41) is 0. The number of halogens is 1. The maximum Gasteiger partial charge on any atom is 0.256 e. The SMILES string of the molecule is CCS(=O)(=O)NN(C)S(=O)(=O)c1ccc(Br)cc1. The van der Waals surface area contributed by atoms with Crippen molar-refractivity contribution in [1.29, 1.82) is 0 Å². The molecular weight excluding hydrogens is 344 g/mol. The zero-order chi connectivity index (χ0) is 14.0. The van der Waals surface area contributed by atoms with E-state index in [2.05, 4.69) is 15.9 Å². The smallest absolute Gasteiger partial charge is 0.211 e. The second-order valence-corrected chi connectivity index (χ2v) is 8.30. The van der Waals surface area contributed by atoms with Gasteiger partial charge in [0.25, 0.3) is 10.0 Å². The summed E-state index contributed by atoms with van der Waals surface area (Å²) in [6.45, 7) is 1.42. The van der Waals surface area contributed by atoms with E-state index >= 15 is 0 Å². The Bertz CT molecular complexity index is 610. The van der Waals surface area contributed by atoms with Gasteiger partial charge in [0.2, 0.25) is 10.0 Å². The number of sulfonamides is 2. The average Bonchev–Trinajstić information content (AvgIpc) is 2.29. The van der Waals surface area contributed by atoms with E-state index < -0.39 is 20.0 Å². The quantitative estimate of drug-likeness (QED) is 0.795. The summed E-state index contributed by atoms with van der Waals surface area (Å²) >= 11 is 3.19. The highest BCUT2D eigenvalue weighted by Crippen LogP contribution is 2.17. The Balaban J connectivity index is 3.04. The second kappa shape index (κ2) is 5.66. The predicted molar refractivity (Wildman–Crippen MR) is 71.7 cm³/mol. The first kappa shape index (κ1) is 15.6. The first-order valence-electron chi connectivity index (χ1n) is 4.93. The van der Waals surface area contributed by atoms with E-state index in [4.69, 9.17) is 0 Å². The minimum Gasteiger partial charge on any atom is -0.211 e. The van der Waals surface area contributed by atoms with Gasteiger partial charge in [0.15, 0.2) is 0 Å². The van der Waals surface area contributed by atoms with Crippen molar-refractivity contribution in [2.45, 2.75) is 11.8 Å². The molecule has 102 valence electrons. The number of hydrogen-bond acceptors (Lipinski definition) is 4. The molecule has 0 heterocycles. The average molecular weight is 357 g/mol. The van der Waals surface area contributed by atoms with Crippen molar-refractivity contribution in [1.82, 2.24) is 9.25 Å². The summed E-state index contributed by atoms with van der Waals surface area (Å²) in [4.78, 5) is 1.97. The van der Waals surface area contributed by atoms with Crippen molar-refractivity contribution in [3.05, 3.63) is 28.7 Å². The van der Waals surface area contributed by atoms with Gasteiger partial charge in [-0.3, -0.25) is 0 Å².